The Morgan fingerprint density at radius 2 is 1.97 bits per heavy atom. The molecule has 0 radical (unpaired) electrons. The van der Waals surface area contributed by atoms with Crippen molar-refractivity contribution in [3.63, 3.8) is 0 Å². The minimum atomic E-state index is -0.0648. The van der Waals surface area contributed by atoms with E-state index in [2.05, 4.69) is 22.4 Å². The Morgan fingerprint density at radius 1 is 1.21 bits per heavy atom. The number of nitrogens with one attached hydrogen (secondary N) is 1. The number of rotatable bonds is 8. The molecule has 1 heterocycles. The first-order valence-corrected chi connectivity index (χ1v) is 10.7. The van der Waals surface area contributed by atoms with Gasteiger partial charge in [0.2, 0.25) is 5.91 Å². The van der Waals surface area contributed by atoms with Crippen LogP contribution in [0.4, 0.5) is 0 Å². The average Bonchev–Trinajstić information content (AvgIpc) is 3.51. The van der Waals surface area contributed by atoms with Crippen molar-refractivity contribution in [2.75, 3.05) is 0 Å². The summed E-state index contributed by atoms with van der Waals surface area (Å²) in [4.78, 5) is 16.8. The van der Waals surface area contributed by atoms with Gasteiger partial charge in [-0.05, 0) is 55.0 Å². The molecule has 1 fully saturated rings. The van der Waals surface area contributed by atoms with Crippen LogP contribution in [-0.4, -0.2) is 10.9 Å². The van der Waals surface area contributed by atoms with Crippen LogP contribution >= 0.6 is 11.3 Å². The lowest BCUT2D eigenvalue weighted by Gasteiger charge is -2.17. The van der Waals surface area contributed by atoms with E-state index in [1.807, 2.05) is 60.8 Å². The molecule has 1 atom stereocenters. The first kappa shape index (κ1) is 19.4. The van der Waals surface area contributed by atoms with Crippen molar-refractivity contribution in [2.45, 2.75) is 32.4 Å². The predicted octanol–water partition coefficient (Wildman–Crippen LogP) is 5.31. The molecular weight excluding hydrogens is 380 g/mol. The number of carbonyl (C=O) groups is 1. The predicted molar refractivity (Wildman–Crippen MR) is 117 cm³/mol. The van der Waals surface area contributed by atoms with Crippen LogP contribution in [-0.2, 0) is 11.4 Å². The van der Waals surface area contributed by atoms with E-state index < -0.39 is 0 Å². The Bertz CT molecular complexity index is 976. The van der Waals surface area contributed by atoms with Gasteiger partial charge < -0.3 is 10.1 Å². The van der Waals surface area contributed by atoms with Crippen LogP contribution in [0.15, 0.2) is 66.1 Å². The van der Waals surface area contributed by atoms with Gasteiger partial charge >= 0.3 is 0 Å². The minimum Gasteiger partial charge on any atom is -0.487 e. The molecule has 5 heteroatoms. The number of aromatic nitrogens is 1. The van der Waals surface area contributed by atoms with Gasteiger partial charge in [0.1, 0.15) is 12.4 Å². The van der Waals surface area contributed by atoms with E-state index in [-0.39, 0.29) is 11.9 Å². The molecule has 0 bridgehead atoms. The fourth-order valence-corrected chi connectivity index (χ4v) is 3.84. The van der Waals surface area contributed by atoms with Gasteiger partial charge in [-0.2, -0.15) is 0 Å². The molecule has 148 valence electrons. The molecule has 1 aliphatic rings. The Labute approximate surface area is 175 Å². The Hall–Kier alpha value is -2.92. The largest absolute Gasteiger partial charge is 0.487 e. The van der Waals surface area contributed by atoms with Gasteiger partial charge in [0, 0.05) is 11.5 Å². The van der Waals surface area contributed by atoms with Crippen molar-refractivity contribution in [1.29, 1.82) is 0 Å². The lowest BCUT2D eigenvalue weighted by molar-refractivity contribution is -0.117. The Kier molecular flexibility index (Phi) is 6.06. The summed E-state index contributed by atoms with van der Waals surface area (Å²) in [6, 6.07) is 18.0. The SMILES string of the molecule is Cc1nc(COc2ccc(/C=C/C(=O)NC(c3ccccc3)C3CC3)cc2)cs1. The summed E-state index contributed by atoms with van der Waals surface area (Å²) in [7, 11) is 0. The summed E-state index contributed by atoms with van der Waals surface area (Å²) in [6.45, 7) is 2.45. The average molecular weight is 405 g/mol. The second kappa shape index (κ2) is 9.05. The fourth-order valence-electron chi connectivity index (χ4n) is 3.24. The van der Waals surface area contributed by atoms with Crippen molar-refractivity contribution >= 4 is 23.3 Å². The molecule has 0 aliphatic heterocycles. The molecule has 1 aromatic heterocycles. The van der Waals surface area contributed by atoms with Crippen molar-refractivity contribution in [2.24, 2.45) is 5.92 Å². The van der Waals surface area contributed by atoms with Crippen LogP contribution < -0.4 is 10.1 Å². The molecule has 3 aromatic rings. The monoisotopic (exact) mass is 404 g/mol. The van der Waals surface area contributed by atoms with E-state index in [9.17, 15) is 4.79 Å². The molecule has 4 nitrogen and oxygen atoms in total. The standard InChI is InChI=1S/C24H24N2O2S/c1-17-25-21(16-29-17)15-28-22-12-7-18(8-13-22)9-14-23(27)26-24(20-10-11-20)19-5-3-2-4-6-19/h2-9,12-14,16,20,24H,10-11,15H2,1H3,(H,26,27)/b14-9+. The lowest BCUT2D eigenvalue weighted by atomic mass is 10.0. The Morgan fingerprint density at radius 3 is 2.62 bits per heavy atom. The third-order valence-electron chi connectivity index (χ3n) is 4.91. The summed E-state index contributed by atoms with van der Waals surface area (Å²) in [5, 5.41) is 6.21. The van der Waals surface area contributed by atoms with Crippen molar-refractivity contribution in [3.8, 4) is 5.75 Å². The second-order valence-electron chi connectivity index (χ2n) is 7.28. The number of aryl methyl sites for hydroxylation is 1. The maximum Gasteiger partial charge on any atom is 0.244 e. The number of benzene rings is 2. The number of thiazole rings is 1. The van der Waals surface area contributed by atoms with Crippen LogP contribution in [0.5, 0.6) is 5.75 Å². The molecule has 0 saturated heterocycles. The molecule has 4 rings (SSSR count). The van der Waals surface area contributed by atoms with Gasteiger partial charge in [0.25, 0.3) is 0 Å². The molecule has 1 unspecified atom stereocenters. The maximum absolute atomic E-state index is 12.4. The van der Waals surface area contributed by atoms with Crippen molar-refractivity contribution in [3.05, 3.63) is 87.9 Å². The highest BCUT2D eigenvalue weighted by Gasteiger charge is 2.32. The minimum absolute atomic E-state index is 0.0648. The number of nitrogens with zero attached hydrogens (tertiary/aromatic N) is 1. The molecular formula is C24H24N2O2S. The zero-order chi connectivity index (χ0) is 20.1. The summed E-state index contributed by atoms with van der Waals surface area (Å²) in [5.74, 6) is 1.27. The molecule has 2 aromatic carbocycles. The topological polar surface area (TPSA) is 51.2 Å². The van der Waals surface area contributed by atoms with Gasteiger partial charge in [-0.1, -0.05) is 42.5 Å². The van der Waals surface area contributed by atoms with Gasteiger partial charge in [0.05, 0.1) is 16.7 Å². The van der Waals surface area contributed by atoms with Gasteiger partial charge in [0.15, 0.2) is 0 Å². The van der Waals surface area contributed by atoms with E-state index in [0.717, 1.165) is 22.0 Å². The van der Waals surface area contributed by atoms with Crippen LogP contribution in [0.3, 0.4) is 0 Å². The zero-order valence-corrected chi connectivity index (χ0v) is 17.2. The maximum atomic E-state index is 12.4. The van der Waals surface area contributed by atoms with Crippen LogP contribution in [0.2, 0.25) is 0 Å². The molecule has 1 aliphatic carbocycles. The highest BCUT2D eigenvalue weighted by atomic mass is 32.1. The fraction of sp³-hybridized carbons (Fsp3) is 0.250. The molecule has 0 spiro atoms. The number of amides is 1. The van der Waals surface area contributed by atoms with Crippen LogP contribution in [0.25, 0.3) is 6.08 Å². The van der Waals surface area contributed by atoms with E-state index in [0.29, 0.717) is 12.5 Å². The molecule has 1 N–H and O–H groups in total. The molecule has 1 amide bonds. The van der Waals surface area contributed by atoms with E-state index in [4.69, 9.17) is 4.74 Å². The van der Waals surface area contributed by atoms with Crippen molar-refractivity contribution < 1.29 is 9.53 Å². The normalized spacial score (nSPS) is 14.7. The number of ether oxygens (including phenoxy) is 1. The van der Waals surface area contributed by atoms with Gasteiger partial charge in [-0.3, -0.25) is 4.79 Å². The van der Waals surface area contributed by atoms with Crippen LogP contribution in [0.1, 0.15) is 40.7 Å². The highest BCUT2D eigenvalue weighted by Crippen LogP contribution is 2.40. The number of hydrogen-bond donors (Lipinski definition) is 1. The smallest absolute Gasteiger partial charge is 0.244 e. The quantitative estimate of drug-likeness (QED) is 0.518. The van der Waals surface area contributed by atoms with Gasteiger partial charge in [-0.25, -0.2) is 4.98 Å². The second-order valence-corrected chi connectivity index (χ2v) is 8.35. The summed E-state index contributed by atoms with van der Waals surface area (Å²) in [5.41, 5.74) is 3.07. The first-order valence-electron chi connectivity index (χ1n) is 9.85. The highest BCUT2D eigenvalue weighted by molar-refractivity contribution is 7.09. The summed E-state index contributed by atoms with van der Waals surface area (Å²) >= 11 is 1.62. The van der Waals surface area contributed by atoms with E-state index in [1.165, 1.54) is 18.4 Å². The third-order valence-corrected chi connectivity index (χ3v) is 5.73. The Balaban J connectivity index is 1.31. The molecule has 1 saturated carbocycles. The zero-order valence-electron chi connectivity index (χ0n) is 16.4. The summed E-state index contributed by atoms with van der Waals surface area (Å²) in [6.07, 6.45) is 5.78. The van der Waals surface area contributed by atoms with Crippen LogP contribution in [0, 0.1) is 12.8 Å². The van der Waals surface area contributed by atoms with E-state index >= 15 is 0 Å². The third kappa shape index (κ3) is 5.55. The molecule has 29 heavy (non-hydrogen) atoms. The summed E-state index contributed by atoms with van der Waals surface area (Å²) < 4.78 is 5.76. The van der Waals surface area contributed by atoms with E-state index in [1.54, 1.807) is 17.4 Å². The first-order chi connectivity index (χ1) is 14.2. The van der Waals surface area contributed by atoms with Crippen molar-refractivity contribution in [1.82, 2.24) is 10.3 Å². The lowest BCUT2D eigenvalue weighted by Crippen LogP contribution is -2.28. The van der Waals surface area contributed by atoms with Gasteiger partial charge in [-0.15, -0.1) is 11.3 Å². The number of hydrogen-bond acceptors (Lipinski definition) is 4. The number of carbonyl (C=O) groups excluding carboxylic acids is 1.